The molecule has 0 bridgehead atoms. The first-order valence-corrected chi connectivity index (χ1v) is 8.53. The van der Waals surface area contributed by atoms with Gasteiger partial charge in [-0.2, -0.15) is 0 Å². The number of rotatable bonds is 9. The lowest BCUT2D eigenvalue weighted by molar-refractivity contribution is 0.102. The van der Waals surface area contributed by atoms with Crippen molar-refractivity contribution in [2.24, 2.45) is 0 Å². The summed E-state index contributed by atoms with van der Waals surface area (Å²) in [6.07, 6.45) is 2.11. The highest BCUT2D eigenvalue weighted by Gasteiger charge is 2.10. The average Bonchev–Trinajstić information content (AvgIpc) is 2.64. The second-order valence-electron chi connectivity index (χ2n) is 5.48. The molecule has 0 aromatic heterocycles. The van der Waals surface area contributed by atoms with E-state index in [1.54, 1.807) is 37.4 Å². The molecule has 0 aliphatic carbocycles. The van der Waals surface area contributed by atoms with Crippen molar-refractivity contribution in [2.45, 2.75) is 26.7 Å². The minimum Gasteiger partial charge on any atom is -0.494 e. The molecule has 25 heavy (non-hydrogen) atoms. The number of carbonyl (C=O) groups excluding carboxylic acids is 1. The molecule has 0 radical (unpaired) electrons. The zero-order valence-corrected chi connectivity index (χ0v) is 15.0. The lowest BCUT2D eigenvalue weighted by atomic mass is 10.2. The van der Waals surface area contributed by atoms with Crippen molar-refractivity contribution in [1.82, 2.24) is 0 Å². The molecule has 5 heteroatoms. The first-order valence-electron chi connectivity index (χ1n) is 8.53. The molecule has 0 heterocycles. The minimum atomic E-state index is -0.189. The van der Waals surface area contributed by atoms with E-state index in [2.05, 4.69) is 12.2 Å². The Morgan fingerprint density at radius 2 is 1.76 bits per heavy atom. The van der Waals surface area contributed by atoms with Crippen molar-refractivity contribution in [3.8, 4) is 17.2 Å². The summed E-state index contributed by atoms with van der Waals surface area (Å²) in [5.74, 6) is 1.81. The van der Waals surface area contributed by atoms with Crippen LogP contribution < -0.4 is 19.5 Å². The molecule has 5 nitrogen and oxygen atoms in total. The normalized spacial score (nSPS) is 10.2. The summed E-state index contributed by atoms with van der Waals surface area (Å²) in [5, 5.41) is 2.86. The fourth-order valence-electron chi connectivity index (χ4n) is 2.26. The van der Waals surface area contributed by atoms with Gasteiger partial charge in [0.1, 0.15) is 5.75 Å². The van der Waals surface area contributed by atoms with Crippen LogP contribution >= 0.6 is 0 Å². The smallest absolute Gasteiger partial charge is 0.255 e. The first-order chi connectivity index (χ1) is 12.2. The summed E-state index contributed by atoms with van der Waals surface area (Å²) in [7, 11) is 1.57. The fraction of sp³-hybridized carbons (Fsp3) is 0.350. The summed E-state index contributed by atoms with van der Waals surface area (Å²) < 4.78 is 16.4. The Labute approximate surface area is 148 Å². The number of unbranched alkanes of at least 4 members (excludes halogenated alkanes) is 1. The van der Waals surface area contributed by atoms with Crippen molar-refractivity contribution >= 4 is 11.6 Å². The molecule has 0 unspecified atom stereocenters. The van der Waals surface area contributed by atoms with E-state index in [1.165, 1.54) is 0 Å². The largest absolute Gasteiger partial charge is 0.494 e. The summed E-state index contributed by atoms with van der Waals surface area (Å²) in [6.45, 7) is 5.26. The van der Waals surface area contributed by atoms with Gasteiger partial charge >= 0.3 is 0 Å². The molecule has 1 amide bonds. The maximum absolute atomic E-state index is 12.4. The Balaban J connectivity index is 2.01. The molecular weight excluding hydrogens is 318 g/mol. The predicted molar refractivity (Wildman–Crippen MR) is 99.0 cm³/mol. The number of hydrogen-bond acceptors (Lipinski definition) is 4. The number of benzene rings is 2. The highest BCUT2D eigenvalue weighted by atomic mass is 16.5. The molecule has 2 aromatic rings. The van der Waals surface area contributed by atoms with Gasteiger partial charge in [-0.15, -0.1) is 0 Å². The van der Waals surface area contributed by atoms with E-state index in [1.807, 2.05) is 19.1 Å². The van der Waals surface area contributed by atoms with E-state index < -0.39 is 0 Å². The SMILES string of the molecule is CCCCOc1ccc(C(=O)Nc2ccc(OCC)c(OC)c2)cc1. The van der Waals surface area contributed by atoms with E-state index in [-0.39, 0.29) is 5.91 Å². The third-order valence-electron chi connectivity index (χ3n) is 3.60. The number of carbonyl (C=O) groups is 1. The lowest BCUT2D eigenvalue weighted by Gasteiger charge is -2.12. The Kier molecular flexibility index (Phi) is 7.14. The van der Waals surface area contributed by atoms with Crippen LogP contribution in [0.25, 0.3) is 0 Å². The van der Waals surface area contributed by atoms with Crippen molar-refractivity contribution < 1.29 is 19.0 Å². The molecule has 1 N–H and O–H groups in total. The van der Waals surface area contributed by atoms with Gasteiger partial charge in [0, 0.05) is 17.3 Å². The third-order valence-corrected chi connectivity index (χ3v) is 3.60. The van der Waals surface area contributed by atoms with E-state index in [0.29, 0.717) is 36.0 Å². The van der Waals surface area contributed by atoms with Crippen LogP contribution in [0.4, 0.5) is 5.69 Å². The van der Waals surface area contributed by atoms with Gasteiger partial charge in [0.2, 0.25) is 0 Å². The van der Waals surface area contributed by atoms with Gasteiger partial charge in [-0.3, -0.25) is 4.79 Å². The fourth-order valence-corrected chi connectivity index (χ4v) is 2.26. The Morgan fingerprint density at radius 3 is 2.40 bits per heavy atom. The van der Waals surface area contributed by atoms with E-state index in [9.17, 15) is 4.79 Å². The van der Waals surface area contributed by atoms with Gasteiger partial charge in [-0.1, -0.05) is 13.3 Å². The van der Waals surface area contributed by atoms with Gasteiger partial charge in [0.25, 0.3) is 5.91 Å². The molecule has 134 valence electrons. The second-order valence-corrected chi connectivity index (χ2v) is 5.48. The number of methoxy groups -OCH3 is 1. The van der Waals surface area contributed by atoms with Crippen LogP contribution in [0.1, 0.15) is 37.0 Å². The molecule has 0 atom stereocenters. The lowest BCUT2D eigenvalue weighted by Crippen LogP contribution is -2.12. The number of ether oxygens (including phenoxy) is 3. The van der Waals surface area contributed by atoms with Crippen LogP contribution in [0, 0.1) is 0 Å². The zero-order chi connectivity index (χ0) is 18.1. The quantitative estimate of drug-likeness (QED) is 0.680. The standard InChI is InChI=1S/C20H25NO4/c1-4-6-13-25-17-10-7-15(8-11-17)20(22)21-16-9-12-18(24-5-2)19(14-16)23-3/h7-12,14H,4-6,13H2,1-3H3,(H,21,22). The van der Waals surface area contributed by atoms with Crippen molar-refractivity contribution in [1.29, 1.82) is 0 Å². The monoisotopic (exact) mass is 343 g/mol. The van der Waals surface area contributed by atoms with Gasteiger partial charge < -0.3 is 19.5 Å². The van der Waals surface area contributed by atoms with Crippen LogP contribution in [-0.4, -0.2) is 26.2 Å². The Bertz CT molecular complexity index is 683. The minimum absolute atomic E-state index is 0.189. The van der Waals surface area contributed by atoms with Gasteiger partial charge in [0.05, 0.1) is 20.3 Å². The van der Waals surface area contributed by atoms with E-state index in [4.69, 9.17) is 14.2 Å². The molecule has 2 aromatic carbocycles. The summed E-state index contributed by atoms with van der Waals surface area (Å²) >= 11 is 0. The number of hydrogen-bond donors (Lipinski definition) is 1. The van der Waals surface area contributed by atoms with Crippen LogP contribution in [0.2, 0.25) is 0 Å². The highest BCUT2D eigenvalue weighted by molar-refractivity contribution is 6.04. The van der Waals surface area contributed by atoms with Crippen LogP contribution in [-0.2, 0) is 0 Å². The van der Waals surface area contributed by atoms with Crippen molar-refractivity contribution in [2.75, 3.05) is 25.6 Å². The van der Waals surface area contributed by atoms with Gasteiger partial charge in [-0.25, -0.2) is 0 Å². The summed E-state index contributed by atoms with van der Waals surface area (Å²) in [5.41, 5.74) is 1.21. The molecule has 0 saturated carbocycles. The van der Waals surface area contributed by atoms with Gasteiger partial charge in [-0.05, 0) is 49.7 Å². The summed E-state index contributed by atoms with van der Waals surface area (Å²) in [4.78, 5) is 12.4. The first kappa shape index (κ1) is 18.6. The molecule has 0 spiro atoms. The Hall–Kier alpha value is -2.69. The highest BCUT2D eigenvalue weighted by Crippen LogP contribution is 2.30. The summed E-state index contributed by atoms with van der Waals surface area (Å²) in [6, 6.07) is 12.4. The molecular formula is C20H25NO4. The number of anilines is 1. The van der Waals surface area contributed by atoms with Crippen molar-refractivity contribution in [3.05, 3.63) is 48.0 Å². The second kappa shape index (κ2) is 9.57. The number of nitrogens with one attached hydrogen (secondary N) is 1. The van der Waals surface area contributed by atoms with E-state index in [0.717, 1.165) is 18.6 Å². The van der Waals surface area contributed by atoms with Crippen LogP contribution in [0.5, 0.6) is 17.2 Å². The maximum atomic E-state index is 12.4. The van der Waals surface area contributed by atoms with Crippen molar-refractivity contribution in [3.63, 3.8) is 0 Å². The molecule has 2 rings (SSSR count). The molecule has 0 saturated heterocycles. The van der Waals surface area contributed by atoms with E-state index >= 15 is 0 Å². The average molecular weight is 343 g/mol. The van der Waals surface area contributed by atoms with Gasteiger partial charge in [0.15, 0.2) is 11.5 Å². The number of amides is 1. The predicted octanol–water partition coefficient (Wildman–Crippen LogP) is 4.53. The zero-order valence-electron chi connectivity index (χ0n) is 15.0. The van der Waals surface area contributed by atoms with Crippen LogP contribution in [0.15, 0.2) is 42.5 Å². The third kappa shape index (κ3) is 5.41. The molecule has 0 aliphatic heterocycles. The molecule has 0 aliphatic rings. The maximum Gasteiger partial charge on any atom is 0.255 e. The van der Waals surface area contributed by atoms with Crippen LogP contribution in [0.3, 0.4) is 0 Å². The Morgan fingerprint density at radius 1 is 1.00 bits per heavy atom. The molecule has 0 fully saturated rings. The topological polar surface area (TPSA) is 56.8 Å².